The molecule has 1 aliphatic heterocycles. The van der Waals surface area contributed by atoms with Crippen molar-refractivity contribution in [1.82, 2.24) is 14.9 Å². The summed E-state index contributed by atoms with van der Waals surface area (Å²) in [6.45, 7) is 1.46. The normalized spacial score (nSPS) is 22.0. The maximum absolute atomic E-state index is 12.4. The number of amides is 2. The number of nitrogens with zero attached hydrogens (tertiary/aromatic N) is 4. The molecule has 1 aliphatic carbocycles. The van der Waals surface area contributed by atoms with Crippen LogP contribution in [0.4, 0.5) is 17.5 Å². The second kappa shape index (κ2) is 10.3. The van der Waals surface area contributed by atoms with E-state index in [0.717, 1.165) is 31.9 Å². The molecular formula is C19H30N8O4. The van der Waals surface area contributed by atoms with Crippen LogP contribution in [0.5, 0.6) is 0 Å². The first kappa shape index (κ1) is 22.7. The lowest BCUT2D eigenvalue weighted by molar-refractivity contribution is -0.384. The van der Waals surface area contributed by atoms with Crippen LogP contribution in [-0.4, -0.2) is 63.8 Å². The Balaban J connectivity index is 1.55. The van der Waals surface area contributed by atoms with Crippen LogP contribution in [0.25, 0.3) is 0 Å². The quantitative estimate of drug-likeness (QED) is 0.333. The predicted octanol–water partition coefficient (Wildman–Crippen LogP) is 0.450. The molecule has 12 nitrogen and oxygen atoms in total. The van der Waals surface area contributed by atoms with Gasteiger partial charge in [0.25, 0.3) is 0 Å². The van der Waals surface area contributed by atoms with E-state index in [2.05, 4.69) is 20.6 Å². The molecule has 31 heavy (non-hydrogen) atoms. The molecule has 6 N–H and O–H groups in total. The minimum Gasteiger partial charge on any atom is -0.369 e. The van der Waals surface area contributed by atoms with Gasteiger partial charge in [0.15, 0.2) is 0 Å². The van der Waals surface area contributed by atoms with Crippen molar-refractivity contribution >= 4 is 29.3 Å². The summed E-state index contributed by atoms with van der Waals surface area (Å²) < 4.78 is 0. The van der Waals surface area contributed by atoms with E-state index in [9.17, 15) is 19.7 Å². The van der Waals surface area contributed by atoms with Crippen LogP contribution in [0.2, 0.25) is 0 Å². The molecule has 0 radical (unpaired) electrons. The monoisotopic (exact) mass is 434 g/mol. The SMILES string of the molecule is NC(=O)C1CCN(C(=O)CNc2ncc([N+](=O)[O-])c(NCC3CCC(N)CC3)n2)CC1. The minimum absolute atomic E-state index is 0.0427. The zero-order chi connectivity index (χ0) is 22.4. The first-order valence-corrected chi connectivity index (χ1v) is 10.6. The Hall–Kier alpha value is -3.02. The molecule has 1 aromatic rings. The number of piperidine rings is 1. The zero-order valence-corrected chi connectivity index (χ0v) is 17.5. The first-order valence-electron chi connectivity index (χ1n) is 10.6. The molecule has 2 aliphatic rings. The van der Waals surface area contributed by atoms with Crippen molar-refractivity contribution in [2.45, 2.75) is 44.6 Å². The average Bonchev–Trinajstić information content (AvgIpc) is 2.77. The van der Waals surface area contributed by atoms with Gasteiger partial charge >= 0.3 is 5.69 Å². The standard InChI is InChI=1S/C19H30N8O4/c20-14-3-1-12(2-4-14)9-22-18-15(27(30)31)10-23-19(25-18)24-11-16(28)26-7-5-13(6-8-26)17(21)29/h10,12-14H,1-9,11,20H2,(H2,21,29)(H2,22,23,24,25). The predicted molar refractivity (Wildman–Crippen MR) is 114 cm³/mol. The Morgan fingerprint density at radius 1 is 1.16 bits per heavy atom. The van der Waals surface area contributed by atoms with Gasteiger partial charge in [-0.2, -0.15) is 4.98 Å². The summed E-state index contributed by atoms with van der Waals surface area (Å²) in [6.07, 6.45) is 6.08. The van der Waals surface area contributed by atoms with Gasteiger partial charge in [-0.1, -0.05) is 0 Å². The Morgan fingerprint density at radius 3 is 2.45 bits per heavy atom. The topological polar surface area (TPSA) is 182 Å². The molecule has 0 unspecified atom stereocenters. The molecule has 0 atom stereocenters. The molecule has 3 rings (SSSR count). The highest BCUT2D eigenvalue weighted by molar-refractivity contribution is 5.81. The van der Waals surface area contributed by atoms with Crippen molar-refractivity contribution in [2.24, 2.45) is 23.3 Å². The van der Waals surface area contributed by atoms with Gasteiger partial charge in [0, 0.05) is 31.6 Å². The molecule has 2 fully saturated rings. The second-order valence-corrected chi connectivity index (χ2v) is 8.26. The summed E-state index contributed by atoms with van der Waals surface area (Å²) in [6, 6.07) is 0.236. The van der Waals surface area contributed by atoms with E-state index >= 15 is 0 Å². The number of primary amides is 1. The van der Waals surface area contributed by atoms with Gasteiger partial charge in [-0.3, -0.25) is 19.7 Å². The summed E-state index contributed by atoms with van der Waals surface area (Å²) >= 11 is 0. The molecule has 1 aromatic heterocycles. The smallest absolute Gasteiger partial charge is 0.329 e. The van der Waals surface area contributed by atoms with E-state index in [0.29, 0.717) is 38.4 Å². The fourth-order valence-corrected chi connectivity index (χ4v) is 4.04. The third kappa shape index (κ3) is 6.23. The van der Waals surface area contributed by atoms with Gasteiger partial charge in [0.05, 0.1) is 11.5 Å². The molecule has 2 heterocycles. The molecular weight excluding hydrogens is 404 g/mol. The molecule has 0 bridgehead atoms. The summed E-state index contributed by atoms with van der Waals surface area (Å²) in [4.78, 5) is 44.3. The molecule has 1 saturated heterocycles. The van der Waals surface area contributed by atoms with Crippen molar-refractivity contribution < 1.29 is 14.5 Å². The van der Waals surface area contributed by atoms with Gasteiger partial charge < -0.3 is 27.0 Å². The zero-order valence-electron chi connectivity index (χ0n) is 17.5. The Labute approximate surface area is 180 Å². The number of likely N-dealkylation sites (tertiary alicyclic amines) is 1. The van der Waals surface area contributed by atoms with Crippen molar-refractivity contribution in [3.8, 4) is 0 Å². The number of carbonyl (C=O) groups excluding carboxylic acids is 2. The lowest BCUT2D eigenvalue weighted by atomic mass is 9.86. The van der Waals surface area contributed by atoms with E-state index in [1.54, 1.807) is 4.90 Å². The van der Waals surface area contributed by atoms with Crippen LogP contribution in [0.15, 0.2) is 6.20 Å². The van der Waals surface area contributed by atoms with Crippen LogP contribution in [0, 0.1) is 22.0 Å². The van der Waals surface area contributed by atoms with Gasteiger partial charge in [-0.25, -0.2) is 4.98 Å². The first-order chi connectivity index (χ1) is 14.8. The highest BCUT2D eigenvalue weighted by Crippen LogP contribution is 2.26. The Morgan fingerprint density at radius 2 is 1.84 bits per heavy atom. The van der Waals surface area contributed by atoms with Crippen LogP contribution >= 0.6 is 0 Å². The Kier molecular flexibility index (Phi) is 7.55. The number of nitro groups is 1. The summed E-state index contributed by atoms with van der Waals surface area (Å²) in [5.74, 6) is -0.0241. The van der Waals surface area contributed by atoms with Crippen LogP contribution in [-0.2, 0) is 9.59 Å². The van der Waals surface area contributed by atoms with E-state index in [4.69, 9.17) is 11.5 Å². The highest BCUT2D eigenvalue weighted by atomic mass is 16.6. The molecule has 2 amide bonds. The number of carbonyl (C=O) groups is 2. The number of aromatic nitrogens is 2. The fraction of sp³-hybridized carbons (Fsp3) is 0.684. The van der Waals surface area contributed by atoms with Crippen molar-refractivity contribution in [2.75, 3.05) is 36.8 Å². The molecule has 170 valence electrons. The van der Waals surface area contributed by atoms with Gasteiger partial charge in [0.1, 0.15) is 6.20 Å². The van der Waals surface area contributed by atoms with Crippen LogP contribution in [0.3, 0.4) is 0 Å². The minimum atomic E-state index is -0.531. The third-order valence-corrected chi connectivity index (χ3v) is 6.06. The average molecular weight is 435 g/mol. The summed E-state index contributed by atoms with van der Waals surface area (Å²) in [7, 11) is 0. The van der Waals surface area contributed by atoms with Crippen LogP contribution in [0.1, 0.15) is 38.5 Å². The maximum Gasteiger partial charge on any atom is 0.329 e. The molecule has 0 spiro atoms. The van der Waals surface area contributed by atoms with Gasteiger partial charge in [-0.15, -0.1) is 0 Å². The Bertz CT molecular complexity index is 804. The van der Waals surface area contributed by atoms with E-state index in [-0.39, 0.29) is 47.8 Å². The largest absolute Gasteiger partial charge is 0.369 e. The third-order valence-electron chi connectivity index (χ3n) is 6.06. The number of nitrogens with two attached hydrogens (primary N) is 2. The van der Waals surface area contributed by atoms with Crippen molar-refractivity contribution in [3.05, 3.63) is 16.3 Å². The lowest BCUT2D eigenvalue weighted by Gasteiger charge is -2.30. The number of hydrogen-bond acceptors (Lipinski definition) is 9. The number of anilines is 2. The molecule has 0 aromatic carbocycles. The van der Waals surface area contributed by atoms with Crippen molar-refractivity contribution in [1.29, 1.82) is 0 Å². The second-order valence-electron chi connectivity index (χ2n) is 8.26. The molecule has 12 heteroatoms. The summed E-state index contributed by atoms with van der Waals surface area (Å²) in [5, 5.41) is 17.2. The maximum atomic E-state index is 12.4. The lowest BCUT2D eigenvalue weighted by Crippen LogP contribution is -2.43. The van der Waals surface area contributed by atoms with E-state index in [1.807, 2.05) is 0 Å². The highest BCUT2D eigenvalue weighted by Gasteiger charge is 2.26. The number of rotatable bonds is 8. The fourth-order valence-electron chi connectivity index (χ4n) is 4.04. The molecule has 1 saturated carbocycles. The number of hydrogen-bond donors (Lipinski definition) is 4. The van der Waals surface area contributed by atoms with E-state index in [1.165, 1.54) is 0 Å². The van der Waals surface area contributed by atoms with E-state index < -0.39 is 4.92 Å². The number of nitrogens with one attached hydrogen (secondary N) is 2. The van der Waals surface area contributed by atoms with Crippen molar-refractivity contribution in [3.63, 3.8) is 0 Å². The van der Waals surface area contributed by atoms with Gasteiger partial charge in [0.2, 0.25) is 23.6 Å². The summed E-state index contributed by atoms with van der Waals surface area (Å²) in [5.41, 5.74) is 11.0. The van der Waals surface area contributed by atoms with Gasteiger partial charge in [-0.05, 0) is 44.4 Å². The van der Waals surface area contributed by atoms with Crippen LogP contribution < -0.4 is 22.1 Å².